The number of rotatable bonds is 3. The summed E-state index contributed by atoms with van der Waals surface area (Å²) in [5, 5.41) is 5.24. The Bertz CT molecular complexity index is 761. The van der Waals surface area contributed by atoms with Gasteiger partial charge < -0.3 is 9.51 Å². The molecule has 0 aliphatic heterocycles. The highest BCUT2D eigenvalue weighted by molar-refractivity contribution is 5.83. The quantitative estimate of drug-likeness (QED) is 0.785. The first-order valence-corrected chi connectivity index (χ1v) is 7.12. The summed E-state index contributed by atoms with van der Waals surface area (Å²) in [5.74, 6) is 1.70. The number of H-pyrrole nitrogens is 1. The van der Waals surface area contributed by atoms with Gasteiger partial charge in [-0.1, -0.05) is 5.16 Å². The van der Waals surface area contributed by atoms with E-state index in [1.54, 1.807) is 0 Å². The molecule has 1 N–H and O–H groups in total. The molecule has 1 saturated carbocycles. The zero-order valence-corrected chi connectivity index (χ0v) is 11.7. The van der Waals surface area contributed by atoms with Crippen molar-refractivity contribution in [3.05, 3.63) is 35.3 Å². The van der Waals surface area contributed by atoms with Crippen molar-refractivity contribution < 1.29 is 4.52 Å². The lowest BCUT2D eigenvalue weighted by molar-refractivity contribution is 0.393. The fourth-order valence-corrected chi connectivity index (χ4v) is 2.85. The van der Waals surface area contributed by atoms with Crippen molar-refractivity contribution in [3.63, 3.8) is 0 Å². The summed E-state index contributed by atoms with van der Waals surface area (Å²) in [4.78, 5) is 8.03. The minimum atomic E-state index is 0.819. The van der Waals surface area contributed by atoms with Gasteiger partial charge in [0.25, 0.3) is 0 Å². The van der Waals surface area contributed by atoms with Crippen molar-refractivity contribution in [2.24, 2.45) is 5.92 Å². The topological polar surface area (TPSA) is 54.7 Å². The first kappa shape index (κ1) is 11.7. The summed E-state index contributed by atoms with van der Waals surface area (Å²) in [5.41, 5.74) is 5.16. The minimum absolute atomic E-state index is 0.819. The van der Waals surface area contributed by atoms with Gasteiger partial charge >= 0.3 is 0 Å². The number of aryl methyl sites for hydroxylation is 2. The molecule has 3 heterocycles. The van der Waals surface area contributed by atoms with E-state index in [2.05, 4.69) is 28.5 Å². The lowest BCUT2D eigenvalue weighted by Crippen LogP contribution is -1.88. The Balaban J connectivity index is 1.79. The predicted octanol–water partition coefficient (Wildman–Crippen LogP) is 3.79. The highest BCUT2D eigenvalue weighted by Gasteiger charge is 2.23. The van der Waals surface area contributed by atoms with Crippen molar-refractivity contribution in [3.8, 4) is 11.3 Å². The number of aromatic nitrogens is 3. The molecule has 0 amide bonds. The molecule has 0 aromatic carbocycles. The molecule has 0 atom stereocenters. The van der Waals surface area contributed by atoms with Crippen LogP contribution in [0, 0.1) is 19.8 Å². The average molecular weight is 267 g/mol. The van der Waals surface area contributed by atoms with E-state index in [1.165, 1.54) is 30.2 Å². The van der Waals surface area contributed by atoms with E-state index in [0.717, 1.165) is 34.3 Å². The van der Waals surface area contributed by atoms with Crippen LogP contribution >= 0.6 is 0 Å². The Morgan fingerprint density at radius 1 is 1.30 bits per heavy atom. The third-order valence-corrected chi connectivity index (χ3v) is 4.12. The molecule has 4 rings (SSSR count). The Kier molecular flexibility index (Phi) is 2.46. The maximum absolute atomic E-state index is 5.23. The summed E-state index contributed by atoms with van der Waals surface area (Å²) >= 11 is 0. The average Bonchev–Trinajstić information content (AvgIpc) is 3.08. The second-order valence-corrected chi connectivity index (χ2v) is 5.75. The van der Waals surface area contributed by atoms with E-state index in [-0.39, 0.29) is 0 Å². The van der Waals surface area contributed by atoms with Crippen LogP contribution in [0.15, 0.2) is 22.9 Å². The molecule has 102 valence electrons. The number of aromatic amines is 1. The van der Waals surface area contributed by atoms with E-state index in [1.807, 2.05) is 13.8 Å². The summed E-state index contributed by atoms with van der Waals surface area (Å²) < 4.78 is 5.23. The molecule has 0 radical (unpaired) electrons. The molecule has 20 heavy (non-hydrogen) atoms. The van der Waals surface area contributed by atoms with Crippen molar-refractivity contribution in [2.45, 2.75) is 33.1 Å². The lowest BCUT2D eigenvalue weighted by Gasteiger charge is -2.01. The highest BCUT2D eigenvalue weighted by Crippen LogP contribution is 2.35. The molecule has 1 fully saturated rings. The van der Waals surface area contributed by atoms with Crippen LogP contribution < -0.4 is 0 Å². The molecule has 0 bridgehead atoms. The molecule has 1 aliphatic rings. The number of pyridine rings is 1. The molecule has 0 unspecified atom stereocenters. The minimum Gasteiger partial charge on any atom is -0.361 e. The van der Waals surface area contributed by atoms with Gasteiger partial charge in [-0.2, -0.15) is 0 Å². The SMILES string of the molecule is Cc1noc(C)c1-c1ccc2c(CC3CC3)c[nH]c2n1. The molecule has 3 aromatic heterocycles. The van der Waals surface area contributed by atoms with Crippen LogP contribution in [0.1, 0.15) is 29.9 Å². The largest absolute Gasteiger partial charge is 0.361 e. The maximum atomic E-state index is 5.23. The molecule has 1 aliphatic carbocycles. The van der Waals surface area contributed by atoms with E-state index >= 15 is 0 Å². The van der Waals surface area contributed by atoms with E-state index in [9.17, 15) is 0 Å². The fraction of sp³-hybridized carbons (Fsp3) is 0.375. The maximum Gasteiger partial charge on any atom is 0.143 e. The third-order valence-electron chi connectivity index (χ3n) is 4.12. The second-order valence-electron chi connectivity index (χ2n) is 5.75. The molecule has 3 aromatic rings. The zero-order chi connectivity index (χ0) is 13.7. The molecular weight excluding hydrogens is 250 g/mol. The van der Waals surface area contributed by atoms with Crippen LogP contribution in [0.2, 0.25) is 0 Å². The van der Waals surface area contributed by atoms with Crippen LogP contribution in [0.5, 0.6) is 0 Å². The number of hydrogen-bond donors (Lipinski definition) is 1. The van der Waals surface area contributed by atoms with Crippen molar-refractivity contribution in [1.29, 1.82) is 0 Å². The molecule has 0 spiro atoms. The number of hydrogen-bond acceptors (Lipinski definition) is 3. The van der Waals surface area contributed by atoms with Crippen LogP contribution in [0.3, 0.4) is 0 Å². The second kappa shape index (κ2) is 4.20. The monoisotopic (exact) mass is 267 g/mol. The van der Waals surface area contributed by atoms with Crippen LogP contribution in [-0.2, 0) is 6.42 Å². The Morgan fingerprint density at radius 2 is 2.15 bits per heavy atom. The van der Waals surface area contributed by atoms with Crippen molar-refractivity contribution in [1.82, 2.24) is 15.1 Å². The summed E-state index contributed by atoms with van der Waals surface area (Å²) in [7, 11) is 0. The van der Waals surface area contributed by atoms with E-state index in [0.29, 0.717) is 0 Å². The highest BCUT2D eigenvalue weighted by atomic mass is 16.5. The van der Waals surface area contributed by atoms with Gasteiger partial charge in [0.1, 0.15) is 11.4 Å². The summed E-state index contributed by atoms with van der Waals surface area (Å²) in [6.07, 6.45) is 6.02. The Hall–Kier alpha value is -2.10. The van der Waals surface area contributed by atoms with Gasteiger partial charge in [0.05, 0.1) is 17.0 Å². The van der Waals surface area contributed by atoms with Crippen LogP contribution in [0.4, 0.5) is 0 Å². The first-order chi connectivity index (χ1) is 9.72. The standard InChI is InChI=1S/C16H17N3O/c1-9-15(10(2)20-19-9)14-6-5-13-12(7-11-3-4-11)8-17-16(13)18-14/h5-6,8,11H,3-4,7H2,1-2H3,(H,17,18). The first-order valence-electron chi connectivity index (χ1n) is 7.12. The van der Waals surface area contributed by atoms with Gasteiger partial charge in [-0.25, -0.2) is 4.98 Å². The molecule has 4 heteroatoms. The van der Waals surface area contributed by atoms with Crippen molar-refractivity contribution >= 4 is 11.0 Å². The molecule has 0 saturated heterocycles. The van der Waals surface area contributed by atoms with Gasteiger partial charge in [0.15, 0.2) is 0 Å². The van der Waals surface area contributed by atoms with Crippen LogP contribution in [-0.4, -0.2) is 15.1 Å². The summed E-state index contributed by atoms with van der Waals surface area (Å²) in [6, 6.07) is 4.23. The third kappa shape index (κ3) is 1.83. The van der Waals surface area contributed by atoms with Crippen molar-refractivity contribution in [2.75, 3.05) is 0 Å². The number of nitrogens with one attached hydrogen (secondary N) is 1. The number of nitrogens with zero attached hydrogens (tertiary/aromatic N) is 2. The molecular formula is C16H17N3O. The number of fused-ring (bicyclic) bond motifs is 1. The zero-order valence-electron chi connectivity index (χ0n) is 11.7. The smallest absolute Gasteiger partial charge is 0.143 e. The van der Waals surface area contributed by atoms with Crippen LogP contribution in [0.25, 0.3) is 22.3 Å². The normalized spacial score (nSPS) is 15.1. The Morgan fingerprint density at radius 3 is 2.85 bits per heavy atom. The van der Waals surface area contributed by atoms with Gasteiger partial charge in [0.2, 0.25) is 0 Å². The lowest BCUT2D eigenvalue weighted by atomic mass is 10.1. The fourth-order valence-electron chi connectivity index (χ4n) is 2.85. The van der Waals surface area contributed by atoms with Gasteiger partial charge in [0, 0.05) is 11.6 Å². The van der Waals surface area contributed by atoms with Gasteiger partial charge in [-0.05, 0) is 56.7 Å². The van der Waals surface area contributed by atoms with E-state index < -0.39 is 0 Å². The summed E-state index contributed by atoms with van der Waals surface area (Å²) in [6.45, 7) is 3.87. The van der Waals surface area contributed by atoms with E-state index in [4.69, 9.17) is 9.51 Å². The Labute approximate surface area is 117 Å². The molecule has 4 nitrogen and oxygen atoms in total. The predicted molar refractivity (Wildman–Crippen MR) is 77.5 cm³/mol. The van der Waals surface area contributed by atoms with Gasteiger partial charge in [-0.15, -0.1) is 0 Å². The van der Waals surface area contributed by atoms with Gasteiger partial charge in [-0.3, -0.25) is 0 Å².